The molecule has 0 spiro atoms. The highest BCUT2D eigenvalue weighted by Crippen LogP contribution is 2.24. The highest BCUT2D eigenvalue weighted by Gasteiger charge is 2.26. The van der Waals surface area contributed by atoms with Gasteiger partial charge >= 0.3 is 0 Å². The van der Waals surface area contributed by atoms with Gasteiger partial charge in [0.15, 0.2) is 5.16 Å². The van der Waals surface area contributed by atoms with Gasteiger partial charge in [0.05, 0.1) is 6.07 Å². The van der Waals surface area contributed by atoms with E-state index in [-0.39, 0.29) is 6.04 Å². The number of thioether (sulfide) groups is 1. The second-order valence-electron chi connectivity index (χ2n) is 5.89. The molecule has 1 aromatic heterocycles. The van der Waals surface area contributed by atoms with E-state index in [0.717, 1.165) is 23.9 Å². The van der Waals surface area contributed by atoms with Crippen molar-refractivity contribution in [3.63, 3.8) is 0 Å². The van der Waals surface area contributed by atoms with E-state index < -0.39 is 5.54 Å². The first-order chi connectivity index (χ1) is 9.54. The van der Waals surface area contributed by atoms with Gasteiger partial charge in [0.1, 0.15) is 11.4 Å². The van der Waals surface area contributed by atoms with Crippen molar-refractivity contribution in [2.45, 2.75) is 69.7 Å². The summed E-state index contributed by atoms with van der Waals surface area (Å²) >= 11 is 1.63. The van der Waals surface area contributed by atoms with Gasteiger partial charge in [0, 0.05) is 24.8 Å². The number of rotatable bonds is 5. The lowest BCUT2D eigenvalue weighted by molar-refractivity contribution is 0.442. The third kappa shape index (κ3) is 3.74. The molecule has 0 amide bonds. The fraction of sp³-hybridized carbons (Fsp3) is 0.786. The zero-order chi connectivity index (χ0) is 14.6. The van der Waals surface area contributed by atoms with E-state index in [1.54, 1.807) is 11.8 Å². The molecule has 0 saturated heterocycles. The van der Waals surface area contributed by atoms with Crippen molar-refractivity contribution < 1.29 is 0 Å². The summed E-state index contributed by atoms with van der Waals surface area (Å²) in [5, 5.41) is 22.2. The molecule has 0 aliphatic carbocycles. The minimum Gasteiger partial charge on any atom is -0.306 e. The first-order valence-corrected chi connectivity index (χ1v) is 8.26. The van der Waals surface area contributed by atoms with Crippen molar-refractivity contribution in [2.24, 2.45) is 0 Å². The first-order valence-electron chi connectivity index (χ1n) is 7.28. The van der Waals surface area contributed by atoms with E-state index in [1.807, 2.05) is 6.92 Å². The Balaban J connectivity index is 2.04. The molecule has 110 valence electrons. The molecular weight excluding hydrogens is 270 g/mol. The molecule has 0 fully saturated rings. The summed E-state index contributed by atoms with van der Waals surface area (Å²) in [6, 6.07) is 2.66. The average molecular weight is 293 g/mol. The van der Waals surface area contributed by atoms with Gasteiger partial charge in [-0.3, -0.25) is 5.32 Å². The smallest absolute Gasteiger partial charge is 0.191 e. The van der Waals surface area contributed by atoms with Gasteiger partial charge in [0.25, 0.3) is 0 Å². The summed E-state index contributed by atoms with van der Waals surface area (Å²) in [6.07, 6.45) is 4.68. The second-order valence-corrected chi connectivity index (χ2v) is 6.84. The van der Waals surface area contributed by atoms with Crippen molar-refractivity contribution in [3.05, 3.63) is 5.82 Å². The molecule has 2 rings (SSSR count). The molecule has 0 saturated carbocycles. The van der Waals surface area contributed by atoms with Crippen molar-refractivity contribution >= 4 is 11.8 Å². The summed E-state index contributed by atoms with van der Waals surface area (Å²) in [7, 11) is 0. The van der Waals surface area contributed by atoms with Crippen LogP contribution in [0.4, 0.5) is 0 Å². The molecule has 6 heteroatoms. The molecular formula is C14H23N5S. The molecule has 0 radical (unpaired) electrons. The number of nitrogens with zero attached hydrogens (tertiary/aromatic N) is 4. The maximum absolute atomic E-state index is 9.38. The van der Waals surface area contributed by atoms with E-state index in [2.05, 4.69) is 40.0 Å². The van der Waals surface area contributed by atoms with Crippen LogP contribution < -0.4 is 5.32 Å². The second kappa shape index (κ2) is 6.59. The van der Waals surface area contributed by atoms with E-state index in [0.29, 0.717) is 5.75 Å². The van der Waals surface area contributed by atoms with E-state index in [1.165, 1.54) is 19.3 Å². The molecule has 1 aliphatic heterocycles. The van der Waals surface area contributed by atoms with Crippen LogP contribution >= 0.6 is 11.8 Å². The van der Waals surface area contributed by atoms with Crippen molar-refractivity contribution in [2.75, 3.05) is 5.75 Å². The van der Waals surface area contributed by atoms with E-state index >= 15 is 0 Å². The highest BCUT2D eigenvalue weighted by atomic mass is 32.2. The molecule has 1 unspecified atom stereocenters. The fourth-order valence-electron chi connectivity index (χ4n) is 2.52. The number of fused-ring (bicyclic) bond motifs is 1. The van der Waals surface area contributed by atoms with Crippen molar-refractivity contribution in [3.8, 4) is 6.07 Å². The third-order valence-corrected chi connectivity index (χ3v) is 4.70. The Morgan fingerprint density at radius 3 is 2.90 bits per heavy atom. The minimum absolute atomic E-state index is 0.288. The van der Waals surface area contributed by atoms with E-state index in [4.69, 9.17) is 0 Å². The van der Waals surface area contributed by atoms with Crippen LogP contribution in [0.25, 0.3) is 0 Å². The first kappa shape index (κ1) is 15.3. The SMILES string of the molecule is CC(C)NC(C)(C#N)CSc1nnc2n1CCCCC2. The molecule has 1 N–H and O–H groups in total. The third-order valence-electron chi connectivity index (χ3n) is 3.42. The molecule has 0 bridgehead atoms. The predicted octanol–water partition coefficient (Wildman–Crippen LogP) is 2.38. The lowest BCUT2D eigenvalue weighted by atomic mass is 10.1. The maximum atomic E-state index is 9.38. The summed E-state index contributed by atoms with van der Waals surface area (Å²) in [4.78, 5) is 0. The number of nitrogens with one attached hydrogen (secondary N) is 1. The monoisotopic (exact) mass is 293 g/mol. The summed E-state index contributed by atoms with van der Waals surface area (Å²) in [5.74, 6) is 1.78. The molecule has 1 atom stereocenters. The number of hydrogen-bond donors (Lipinski definition) is 1. The zero-order valence-corrected chi connectivity index (χ0v) is 13.3. The van der Waals surface area contributed by atoms with Gasteiger partial charge in [-0.1, -0.05) is 18.2 Å². The van der Waals surface area contributed by atoms with Crippen LogP contribution in [0.2, 0.25) is 0 Å². The van der Waals surface area contributed by atoms with Crippen LogP contribution in [0, 0.1) is 11.3 Å². The van der Waals surface area contributed by atoms with Gasteiger partial charge in [-0.05, 0) is 33.6 Å². The van der Waals surface area contributed by atoms with Gasteiger partial charge in [0.2, 0.25) is 0 Å². The lowest BCUT2D eigenvalue weighted by Crippen LogP contribution is -2.47. The molecule has 1 aliphatic rings. The Kier molecular flexibility index (Phi) is 5.06. The van der Waals surface area contributed by atoms with Crippen molar-refractivity contribution in [1.82, 2.24) is 20.1 Å². The standard InChI is InChI=1S/C14H23N5S/c1-11(2)16-14(3,9-15)10-20-13-18-17-12-7-5-4-6-8-19(12)13/h11,16H,4-8,10H2,1-3H3. The normalized spacial score (nSPS) is 18.1. The fourth-order valence-corrected chi connectivity index (χ4v) is 3.53. The van der Waals surface area contributed by atoms with Gasteiger partial charge in [-0.25, -0.2) is 0 Å². The zero-order valence-electron chi connectivity index (χ0n) is 12.5. The number of hydrogen-bond acceptors (Lipinski definition) is 5. The van der Waals surface area contributed by atoms with Crippen LogP contribution in [0.3, 0.4) is 0 Å². The largest absolute Gasteiger partial charge is 0.306 e. The van der Waals surface area contributed by atoms with Gasteiger partial charge in [-0.2, -0.15) is 5.26 Å². The topological polar surface area (TPSA) is 66.5 Å². The Morgan fingerprint density at radius 2 is 2.20 bits per heavy atom. The number of nitriles is 1. The summed E-state index contributed by atoms with van der Waals surface area (Å²) in [5.41, 5.74) is -0.532. The minimum atomic E-state index is -0.532. The average Bonchev–Trinajstić information content (AvgIpc) is 2.63. The number of aromatic nitrogens is 3. The molecule has 2 heterocycles. The lowest BCUT2D eigenvalue weighted by Gasteiger charge is -2.25. The van der Waals surface area contributed by atoms with Crippen LogP contribution in [0.5, 0.6) is 0 Å². The van der Waals surface area contributed by atoms with Crippen LogP contribution in [-0.4, -0.2) is 32.1 Å². The summed E-state index contributed by atoms with van der Waals surface area (Å²) in [6.45, 7) is 7.07. The van der Waals surface area contributed by atoms with Gasteiger partial charge < -0.3 is 4.57 Å². The Bertz CT molecular complexity index is 490. The predicted molar refractivity (Wildman–Crippen MR) is 80.6 cm³/mol. The molecule has 0 aromatic carbocycles. The quantitative estimate of drug-likeness (QED) is 0.844. The summed E-state index contributed by atoms with van der Waals surface area (Å²) < 4.78 is 2.23. The Hall–Kier alpha value is -1.06. The number of aryl methyl sites for hydroxylation is 1. The highest BCUT2D eigenvalue weighted by molar-refractivity contribution is 7.99. The van der Waals surface area contributed by atoms with Crippen LogP contribution in [0.15, 0.2) is 5.16 Å². The molecule has 5 nitrogen and oxygen atoms in total. The Labute approximate surface area is 125 Å². The van der Waals surface area contributed by atoms with E-state index in [9.17, 15) is 5.26 Å². The van der Waals surface area contributed by atoms with Gasteiger partial charge in [-0.15, -0.1) is 10.2 Å². The van der Waals surface area contributed by atoms with Crippen LogP contribution in [-0.2, 0) is 13.0 Å². The molecule has 20 heavy (non-hydrogen) atoms. The Morgan fingerprint density at radius 1 is 1.40 bits per heavy atom. The van der Waals surface area contributed by atoms with Crippen LogP contribution in [0.1, 0.15) is 45.9 Å². The molecule has 1 aromatic rings. The van der Waals surface area contributed by atoms with Crippen molar-refractivity contribution in [1.29, 1.82) is 5.26 Å². The maximum Gasteiger partial charge on any atom is 0.191 e.